The van der Waals surface area contributed by atoms with E-state index in [-0.39, 0.29) is 0 Å². The Labute approximate surface area is 296 Å². The summed E-state index contributed by atoms with van der Waals surface area (Å²) in [5, 5.41) is 0. The molecular weight excluding hydrogens is 601 g/mol. The van der Waals surface area contributed by atoms with Gasteiger partial charge in [-0.25, -0.2) is 4.57 Å². The monoisotopic (exact) mass is 689 g/mol. The second-order valence-electron chi connectivity index (χ2n) is 15.6. The predicted molar refractivity (Wildman–Crippen MR) is 207 cm³/mol. The van der Waals surface area contributed by atoms with E-state index in [4.69, 9.17) is 13.6 Å². The minimum Gasteiger partial charge on any atom is -0.329 e. The molecule has 0 heterocycles. The van der Waals surface area contributed by atoms with Gasteiger partial charge in [-0.3, -0.25) is 13.6 Å². The second-order valence-corrected chi connectivity index (χ2v) is 17.2. The van der Waals surface area contributed by atoms with E-state index in [0.717, 1.165) is 36.7 Å². The molecule has 0 aromatic rings. The summed E-state index contributed by atoms with van der Waals surface area (Å²) < 4.78 is 31.5. The largest absolute Gasteiger partial charge is 0.474 e. The second kappa shape index (κ2) is 35.9. The molecule has 0 N–H and O–H groups in total. The Bertz CT molecular complexity index is 612. The number of unbranched alkanes of at least 4 members (excludes halogenated alkanes) is 30. The van der Waals surface area contributed by atoms with Gasteiger partial charge in [-0.15, -0.1) is 0 Å². The number of hydrogen-bond donors (Lipinski definition) is 0. The van der Waals surface area contributed by atoms with Gasteiger partial charge < -0.3 is 4.48 Å². The van der Waals surface area contributed by atoms with E-state index in [2.05, 4.69) is 35.0 Å². The van der Waals surface area contributed by atoms with E-state index < -0.39 is 7.82 Å². The van der Waals surface area contributed by atoms with Crippen LogP contribution in [-0.4, -0.2) is 52.0 Å². The first kappa shape index (κ1) is 47.1. The van der Waals surface area contributed by atoms with Crippen molar-refractivity contribution in [3.63, 3.8) is 0 Å². The molecule has 0 unspecified atom stereocenters. The normalized spacial score (nSPS) is 12.4. The van der Waals surface area contributed by atoms with Gasteiger partial charge in [-0.2, -0.15) is 0 Å². The zero-order valence-electron chi connectivity index (χ0n) is 33.0. The maximum Gasteiger partial charge on any atom is 0.474 e. The van der Waals surface area contributed by atoms with Crippen LogP contribution in [0.2, 0.25) is 0 Å². The quantitative estimate of drug-likeness (QED) is 0.0365. The minimum absolute atomic E-state index is 0.388. The van der Waals surface area contributed by atoms with Gasteiger partial charge in [0.1, 0.15) is 13.2 Å². The van der Waals surface area contributed by atoms with Crippen molar-refractivity contribution < 1.29 is 22.6 Å². The van der Waals surface area contributed by atoms with Gasteiger partial charge in [0.05, 0.1) is 34.4 Å². The summed E-state index contributed by atoms with van der Waals surface area (Å²) in [5.41, 5.74) is 0. The van der Waals surface area contributed by atoms with Crippen LogP contribution in [0.5, 0.6) is 0 Å². The van der Waals surface area contributed by atoms with Crippen LogP contribution in [0.25, 0.3) is 0 Å². The lowest BCUT2D eigenvalue weighted by Gasteiger charge is -2.25. The van der Waals surface area contributed by atoms with Crippen LogP contribution >= 0.6 is 7.82 Å². The van der Waals surface area contributed by atoms with Gasteiger partial charge in [-0.1, -0.05) is 206 Å². The molecule has 0 bridgehead atoms. The van der Waals surface area contributed by atoms with Gasteiger partial charge >= 0.3 is 7.82 Å². The highest BCUT2D eigenvalue weighted by atomic mass is 31.2. The molecule has 6 heteroatoms. The molecule has 0 aliphatic rings. The van der Waals surface area contributed by atoms with Crippen molar-refractivity contribution >= 4 is 7.82 Å². The molecule has 284 valence electrons. The third-order valence-corrected chi connectivity index (χ3v) is 11.0. The highest BCUT2D eigenvalue weighted by molar-refractivity contribution is 7.48. The number of nitrogens with zero attached hydrogens (tertiary/aromatic N) is 1. The Morgan fingerprint density at radius 2 is 0.553 bits per heavy atom. The molecule has 0 amide bonds. The molecule has 5 nitrogen and oxygen atoms in total. The van der Waals surface area contributed by atoms with E-state index in [1.165, 1.54) is 180 Å². The molecule has 0 spiro atoms. The third-order valence-electron chi connectivity index (χ3n) is 9.51. The molecule has 0 rings (SSSR count). The molecule has 0 saturated carbocycles. The van der Waals surface area contributed by atoms with Gasteiger partial charge in [0.15, 0.2) is 0 Å². The topological polar surface area (TPSA) is 44.8 Å². The molecule has 0 fully saturated rings. The van der Waals surface area contributed by atoms with Crippen molar-refractivity contribution in [2.24, 2.45) is 0 Å². The lowest BCUT2D eigenvalue weighted by molar-refractivity contribution is -0.870. The van der Waals surface area contributed by atoms with Crippen molar-refractivity contribution in [3.05, 3.63) is 0 Å². The Morgan fingerprint density at radius 1 is 0.340 bits per heavy atom. The van der Waals surface area contributed by atoms with Gasteiger partial charge in [0.25, 0.3) is 0 Å². The van der Waals surface area contributed by atoms with E-state index in [9.17, 15) is 4.57 Å². The summed E-state index contributed by atoms with van der Waals surface area (Å²) in [6, 6.07) is 0. The Kier molecular flexibility index (Phi) is 35.9. The fourth-order valence-electron chi connectivity index (χ4n) is 6.19. The Hall–Kier alpha value is 0.0700. The van der Waals surface area contributed by atoms with Crippen LogP contribution in [-0.2, 0) is 18.1 Å². The fourth-order valence-corrected chi connectivity index (χ4v) is 7.43. The molecule has 0 radical (unpaired) electrons. The number of quaternary nitrogens is 1. The highest BCUT2D eigenvalue weighted by Gasteiger charge is 2.27. The number of rotatable bonds is 40. The molecule has 0 aliphatic carbocycles. The van der Waals surface area contributed by atoms with E-state index >= 15 is 0 Å². The molecule has 0 aliphatic heterocycles. The van der Waals surface area contributed by atoms with Crippen LogP contribution in [0.1, 0.15) is 219 Å². The molecule has 0 aromatic carbocycles. The minimum atomic E-state index is -3.50. The summed E-state index contributed by atoms with van der Waals surface area (Å²) in [7, 11) is 2.85. The number of hydrogen-bond acceptors (Lipinski definition) is 4. The summed E-state index contributed by atoms with van der Waals surface area (Å²) in [6.45, 7) is 6.65. The number of phosphoric acid groups is 1. The van der Waals surface area contributed by atoms with E-state index in [1.54, 1.807) is 0 Å². The van der Waals surface area contributed by atoms with Gasteiger partial charge in [0, 0.05) is 0 Å². The summed E-state index contributed by atoms with van der Waals surface area (Å²) in [4.78, 5) is 0. The Balaban J connectivity index is 3.83. The van der Waals surface area contributed by atoms with Crippen molar-refractivity contribution in [3.8, 4) is 0 Å². The van der Waals surface area contributed by atoms with Crippen LogP contribution in [0.4, 0.5) is 0 Å². The number of phosphoric ester groups is 1. The molecule has 0 saturated heterocycles. The van der Waals surface area contributed by atoms with Crippen molar-refractivity contribution in [2.75, 3.05) is 47.5 Å². The van der Waals surface area contributed by atoms with Crippen molar-refractivity contribution in [2.45, 2.75) is 219 Å². The molecule has 0 aromatic heterocycles. The maximum absolute atomic E-state index is 13.3. The molecular formula is C41H87NO4P+. The first-order valence-corrected chi connectivity index (χ1v) is 22.6. The van der Waals surface area contributed by atoms with E-state index in [0.29, 0.717) is 19.8 Å². The summed E-state index contributed by atoms with van der Waals surface area (Å²) >= 11 is 0. The SMILES string of the molecule is CCCCCCCCCCCCCCCCCCOP(=O)(OCCCCCCCCCCCCCCCCCC)OCC[N+](C)(C)C. The zero-order valence-corrected chi connectivity index (χ0v) is 33.9. The third kappa shape index (κ3) is 38.7. The maximum atomic E-state index is 13.3. The molecule has 47 heavy (non-hydrogen) atoms. The summed E-state index contributed by atoms with van der Waals surface area (Å²) in [5.74, 6) is 0. The van der Waals surface area contributed by atoms with Gasteiger partial charge in [0.2, 0.25) is 0 Å². The lowest BCUT2D eigenvalue weighted by Crippen LogP contribution is -2.37. The Morgan fingerprint density at radius 3 is 0.787 bits per heavy atom. The van der Waals surface area contributed by atoms with Crippen LogP contribution in [0.3, 0.4) is 0 Å². The summed E-state index contributed by atoms with van der Waals surface area (Å²) in [6.07, 6.45) is 42.8. The first-order chi connectivity index (χ1) is 22.8. The lowest BCUT2D eigenvalue weighted by atomic mass is 10.0. The average molecular weight is 689 g/mol. The smallest absolute Gasteiger partial charge is 0.329 e. The zero-order chi connectivity index (χ0) is 34.6. The van der Waals surface area contributed by atoms with Gasteiger partial charge in [-0.05, 0) is 12.8 Å². The predicted octanol–water partition coefficient (Wildman–Crippen LogP) is 14.4. The van der Waals surface area contributed by atoms with Crippen LogP contribution in [0, 0.1) is 0 Å². The van der Waals surface area contributed by atoms with Crippen molar-refractivity contribution in [1.82, 2.24) is 0 Å². The average Bonchev–Trinajstić information content (AvgIpc) is 3.03. The number of likely N-dealkylation sites (N-methyl/N-ethyl adjacent to an activating group) is 1. The molecule has 0 atom stereocenters. The fraction of sp³-hybridized carbons (Fsp3) is 1.00. The van der Waals surface area contributed by atoms with Crippen molar-refractivity contribution in [1.29, 1.82) is 0 Å². The van der Waals surface area contributed by atoms with Crippen LogP contribution in [0.15, 0.2) is 0 Å². The first-order valence-electron chi connectivity index (χ1n) is 21.2. The standard InChI is InChI=1S/C41H87NO4P/c1-6-8-10-12-14-16-18-20-22-24-26-28-30-32-34-36-39-44-47(43,46-41-38-42(3,4)5)45-40-37-35-33-31-29-27-25-23-21-19-17-15-13-11-9-7-2/h6-41H2,1-5H3/q+1. The van der Waals surface area contributed by atoms with Crippen LogP contribution < -0.4 is 0 Å². The van der Waals surface area contributed by atoms with E-state index in [1.807, 2.05) is 0 Å². The highest BCUT2D eigenvalue weighted by Crippen LogP contribution is 2.49.